The lowest BCUT2D eigenvalue weighted by molar-refractivity contribution is 0.272. The van der Waals surface area contributed by atoms with Gasteiger partial charge in [0, 0.05) is 23.9 Å². The van der Waals surface area contributed by atoms with Crippen molar-refractivity contribution in [3.05, 3.63) is 16.1 Å². The third-order valence-electron chi connectivity index (χ3n) is 3.71. The van der Waals surface area contributed by atoms with Gasteiger partial charge in [0.25, 0.3) is 0 Å². The van der Waals surface area contributed by atoms with Gasteiger partial charge in [0.05, 0.1) is 10.7 Å². The molecule has 2 rings (SSSR count). The lowest BCUT2D eigenvalue weighted by Gasteiger charge is -2.22. The SMILES string of the molecule is CC1(CN)CCN(Cc2csc(C(C)(C)C)n2)C1. The maximum absolute atomic E-state index is 5.84. The lowest BCUT2D eigenvalue weighted by atomic mass is 9.90. The Morgan fingerprint density at radius 3 is 2.72 bits per heavy atom. The van der Waals surface area contributed by atoms with Crippen molar-refractivity contribution in [2.75, 3.05) is 19.6 Å². The van der Waals surface area contributed by atoms with Crippen molar-refractivity contribution in [1.82, 2.24) is 9.88 Å². The Balaban J connectivity index is 1.97. The van der Waals surface area contributed by atoms with Gasteiger partial charge in [0.1, 0.15) is 0 Å². The minimum Gasteiger partial charge on any atom is -0.330 e. The van der Waals surface area contributed by atoms with Gasteiger partial charge < -0.3 is 5.73 Å². The fourth-order valence-corrected chi connectivity index (χ4v) is 3.28. The number of nitrogens with two attached hydrogens (primary N) is 1. The fraction of sp³-hybridized carbons (Fsp3) is 0.786. The number of hydrogen-bond donors (Lipinski definition) is 1. The first-order valence-electron chi connectivity index (χ1n) is 6.70. The molecular formula is C14H25N3S. The first-order chi connectivity index (χ1) is 8.32. The number of likely N-dealkylation sites (tertiary alicyclic amines) is 1. The van der Waals surface area contributed by atoms with Crippen LogP contribution in [-0.4, -0.2) is 29.5 Å². The zero-order chi connectivity index (χ0) is 13.4. The predicted octanol–water partition coefficient (Wildman–Crippen LogP) is 2.61. The smallest absolute Gasteiger partial charge is 0.0982 e. The number of aromatic nitrogens is 1. The van der Waals surface area contributed by atoms with Crippen molar-refractivity contribution in [1.29, 1.82) is 0 Å². The standard InChI is InChI=1S/C14H25N3S/c1-13(2,3)12-16-11(8-18-12)7-17-6-5-14(4,9-15)10-17/h8H,5-7,9-10,15H2,1-4H3. The van der Waals surface area contributed by atoms with E-state index in [2.05, 4.69) is 38.0 Å². The van der Waals surface area contributed by atoms with Crippen LogP contribution in [0, 0.1) is 5.41 Å². The van der Waals surface area contributed by atoms with E-state index < -0.39 is 0 Å². The Morgan fingerprint density at radius 1 is 1.50 bits per heavy atom. The molecule has 0 amide bonds. The highest BCUT2D eigenvalue weighted by atomic mass is 32.1. The molecule has 0 radical (unpaired) electrons. The molecule has 1 atom stereocenters. The van der Waals surface area contributed by atoms with Crippen LogP contribution in [0.3, 0.4) is 0 Å². The Kier molecular flexibility index (Phi) is 3.81. The topological polar surface area (TPSA) is 42.1 Å². The average molecular weight is 267 g/mol. The number of nitrogens with zero attached hydrogens (tertiary/aromatic N) is 2. The Hall–Kier alpha value is -0.450. The first-order valence-corrected chi connectivity index (χ1v) is 7.58. The highest BCUT2D eigenvalue weighted by Crippen LogP contribution is 2.30. The van der Waals surface area contributed by atoms with Crippen LogP contribution < -0.4 is 5.73 Å². The maximum atomic E-state index is 5.84. The summed E-state index contributed by atoms with van der Waals surface area (Å²) in [5.74, 6) is 0. The van der Waals surface area contributed by atoms with Crippen LogP contribution in [0.15, 0.2) is 5.38 Å². The molecule has 0 aliphatic carbocycles. The molecule has 1 aromatic rings. The van der Waals surface area contributed by atoms with Gasteiger partial charge in [-0.1, -0.05) is 27.7 Å². The molecular weight excluding hydrogens is 242 g/mol. The Labute approximate surface area is 114 Å². The van der Waals surface area contributed by atoms with E-state index >= 15 is 0 Å². The maximum Gasteiger partial charge on any atom is 0.0982 e. The molecule has 0 aromatic carbocycles. The molecule has 0 bridgehead atoms. The molecule has 102 valence electrons. The molecule has 0 spiro atoms. The lowest BCUT2D eigenvalue weighted by Crippen LogP contribution is -2.31. The van der Waals surface area contributed by atoms with Gasteiger partial charge in [0.2, 0.25) is 0 Å². The van der Waals surface area contributed by atoms with Gasteiger partial charge >= 0.3 is 0 Å². The van der Waals surface area contributed by atoms with Crippen LogP contribution in [0.1, 0.15) is 44.8 Å². The molecule has 3 nitrogen and oxygen atoms in total. The van der Waals surface area contributed by atoms with E-state index in [1.54, 1.807) is 11.3 Å². The second-order valence-corrected chi connectivity index (χ2v) is 7.73. The van der Waals surface area contributed by atoms with Gasteiger partial charge in [-0.2, -0.15) is 0 Å². The summed E-state index contributed by atoms with van der Waals surface area (Å²) < 4.78 is 0. The van der Waals surface area contributed by atoms with E-state index in [0.717, 1.165) is 26.2 Å². The molecule has 2 N–H and O–H groups in total. The molecule has 2 heterocycles. The largest absolute Gasteiger partial charge is 0.330 e. The van der Waals surface area contributed by atoms with Gasteiger partial charge in [-0.25, -0.2) is 4.98 Å². The van der Waals surface area contributed by atoms with Crippen LogP contribution in [0.4, 0.5) is 0 Å². The summed E-state index contributed by atoms with van der Waals surface area (Å²) in [6.07, 6.45) is 1.21. The molecule has 4 heteroatoms. The van der Waals surface area contributed by atoms with Gasteiger partial charge in [0.15, 0.2) is 0 Å². The first kappa shape index (κ1) is 14.0. The second kappa shape index (κ2) is 4.91. The van der Waals surface area contributed by atoms with E-state index in [4.69, 9.17) is 10.7 Å². The normalized spacial score (nSPS) is 25.8. The molecule has 1 aliphatic rings. The van der Waals surface area contributed by atoms with E-state index in [1.807, 2.05) is 0 Å². The molecule has 1 unspecified atom stereocenters. The third kappa shape index (κ3) is 3.11. The predicted molar refractivity (Wildman–Crippen MR) is 77.9 cm³/mol. The summed E-state index contributed by atoms with van der Waals surface area (Å²) in [4.78, 5) is 7.24. The van der Waals surface area contributed by atoms with Crippen LogP contribution >= 0.6 is 11.3 Å². The summed E-state index contributed by atoms with van der Waals surface area (Å²) in [6, 6.07) is 0. The Morgan fingerprint density at radius 2 is 2.22 bits per heavy atom. The summed E-state index contributed by atoms with van der Waals surface area (Å²) in [7, 11) is 0. The van der Waals surface area contributed by atoms with E-state index in [9.17, 15) is 0 Å². The number of thiazole rings is 1. The van der Waals surface area contributed by atoms with Crippen LogP contribution in [0.5, 0.6) is 0 Å². The zero-order valence-corrected chi connectivity index (χ0v) is 12.8. The third-order valence-corrected chi connectivity index (χ3v) is 5.03. The highest BCUT2D eigenvalue weighted by Gasteiger charge is 2.32. The molecule has 0 saturated carbocycles. The highest BCUT2D eigenvalue weighted by molar-refractivity contribution is 7.09. The van der Waals surface area contributed by atoms with Gasteiger partial charge in [-0.05, 0) is 24.9 Å². The average Bonchev–Trinajstić information content (AvgIpc) is 2.86. The van der Waals surface area contributed by atoms with Crippen molar-refractivity contribution in [3.63, 3.8) is 0 Å². The van der Waals surface area contributed by atoms with Crippen LogP contribution in [-0.2, 0) is 12.0 Å². The molecule has 1 aliphatic heterocycles. The summed E-state index contributed by atoms with van der Waals surface area (Å²) >= 11 is 1.78. The van der Waals surface area contributed by atoms with Crippen molar-refractivity contribution in [2.45, 2.75) is 46.1 Å². The van der Waals surface area contributed by atoms with Crippen LogP contribution in [0.25, 0.3) is 0 Å². The summed E-state index contributed by atoms with van der Waals surface area (Å²) in [5.41, 5.74) is 7.53. The summed E-state index contributed by atoms with van der Waals surface area (Å²) in [6.45, 7) is 13.0. The summed E-state index contributed by atoms with van der Waals surface area (Å²) in [5, 5.41) is 3.44. The fourth-order valence-electron chi connectivity index (χ4n) is 2.38. The van der Waals surface area contributed by atoms with Crippen molar-refractivity contribution >= 4 is 11.3 Å². The van der Waals surface area contributed by atoms with Crippen LogP contribution in [0.2, 0.25) is 0 Å². The molecule has 1 fully saturated rings. The molecule has 18 heavy (non-hydrogen) atoms. The van der Waals surface area contributed by atoms with E-state index in [-0.39, 0.29) is 5.41 Å². The van der Waals surface area contributed by atoms with Crippen molar-refractivity contribution < 1.29 is 0 Å². The molecule has 1 saturated heterocycles. The number of rotatable bonds is 3. The molecule has 1 aromatic heterocycles. The minimum atomic E-state index is 0.166. The zero-order valence-electron chi connectivity index (χ0n) is 12.0. The van der Waals surface area contributed by atoms with Gasteiger partial charge in [-0.15, -0.1) is 11.3 Å². The quantitative estimate of drug-likeness (QED) is 0.915. The number of hydrogen-bond acceptors (Lipinski definition) is 4. The van der Waals surface area contributed by atoms with Gasteiger partial charge in [-0.3, -0.25) is 4.90 Å². The second-order valence-electron chi connectivity index (χ2n) is 6.87. The van der Waals surface area contributed by atoms with Crippen molar-refractivity contribution in [2.24, 2.45) is 11.1 Å². The van der Waals surface area contributed by atoms with Crippen molar-refractivity contribution in [3.8, 4) is 0 Å². The van der Waals surface area contributed by atoms with E-state index in [0.29, 0.717) is 5.41 Å². The minimum absolute atomic E-state index is 0.166. The van der Waals surface area contributed by atoms with E-state index in [1.165, 1.54) is 17.1 Å². The monoisotopic (exact) mass is 267 g/mol. The Bertz CT molecular complexity index is 407.